The third kappa shape index (κ3) is 4.60. The van der Waals surface area contributed by atoms with Crippen molar-refractivity contribution < 1.29 is 4.21 Å². The number of hydrogen-bond donors (Lipinski definition) is 1. The largest absolute Gasteiger partial charge is 0.252 e. The standard InChI is InChI=1S/C6H15NOS/c1-3-6(4-2)5-9(7)8/h6H,3-5,7H2,1-2H3. The van der Waals surface area contributed by atoms with Gasteiger partial charge in [-0.25, -0.2) is 4.21 Å². The lowest BCUT2D eigenvalue weighted by Gasteiger charge is -2.07. The summed E-state index contributed by atoms with van der Waals surface area (Å²) in [6, 6.07) is 0. The number of rotatable bonds is 4. The van der Waals surface area contributed by atoms with E-state index in [1.807, 2.05) is 0 Å². The molecule has 1 atom stereocenters. The maximum atomic E-state index is 10.5. The van der Waals surface area contributed by atoms with Crippen molar-refractivity contribution in [1.29, 1.82) is 0 Å². The first kappa shape index (κ1) is 9.11. The summed E-state index contributed by atoms with van der Waals surface area (Å²) in [6.45, 7) is 4.20. The first-order valence-corrected chi connectivity index (χ1v) is 4.71. The van der Waals surface area contributed by atoms with E-state index in [4.69, 9.17) is 5.14 Å². The predicted molar refractivity (Wildman–Crippen MR) is 41.3 cm³/mol. The van der Waals surface area contributed by atoms with Crippen molar-refractivity contribution in [1.82, 2.24) is 0 Å². The molecule has 1 unspecified atom stereocenters. The summed E-state index contributed by atoms with van der Waals surface area (Å²) in [5, 5.41) is 5.12. The molecule has 0 aliphatic rings. The Morgan fingerprint density at radius 1 is 1.44 bits per heavy atom. The Kier molecular flexibility index (Phi) is 5.00. The quantitative estimate of drug-likeness (QED) is 0.637. The van der Waals surface area contributed by atoms with Crippen molar-refractivity contribution in [2.45, 2.75) is 26.7 Å². The Morgan fingerprint density at radius 2 is 1.89 bits per heavy atom. The molecule has 9 heavy (non-hydrogen) atoms. The van der Waals surface area contributed by atoms with Gasteiger partial charge in [0.05, 0.1) is 11.0 Å². The minimum absolute atomic E-state index is 0.552. The van der Waals surface area contributed by atoms with Crippen molar-refractivity contribution in [3.8, 4) is 0 Å². The second kappa shape index (κ2) is 4.94. The van der Waals surface area contributed by atoms with Crippen LogP contribution in [0, 0.1) is 5.92 Å². The molecule has 0 spiro atoms. The zero-order valence-electron chi connectivity index (χ0n) is 6.09. The highest BCUT2D eigenvalue weighted by Gasteiger charge is 2.04. The zero-order valence-corrected chi connectivity index (χ0v) is 6.91. The van der Waals surface area contributed by atoms with Gasteiger partial charge in [-0.3, -0.25) is 5.14 Å². The molecule has 0 aromatic heterocycles. The molecule has 2 nitrogen and oxygen atoms in total. The van der Waals surface area contributed by atoms with Gasteiger partial charge in [0.2, 0.25) is 0 Å². The molecule has 0 fully saturated rings. The highest BCUT2D eigenvalue weighted by Crippen LogP contribution is 2.06. The van der Waals surface area contributed by atoms with Crippen LogP contribution in [-0.2, 0) is 11.0 Å². The van der Waals surface area contributed by atoms with Crippen LogP contribution in [0.4, 0.5) is 0 Å². The predicted octanol–water partition coefficient (Wildman–Crippen LogP) is 1.05. The average molecular weight is 149 g/mol. The molecule has 3 heteroatoms. The van der Waals surface area contributed by atoms with Gasteiger partial charge in [0, 0.05) is 5.75 Å². The molecule has 0 saturated heterocycles. The lowest BCUT2D eigenvalue weighted by atomic mass is 10.1. The van der Waals surface area contributed by atoms with E-state index in [-0.39, 0.29) is 0 Å². The number of hydrogen-bond acceptors (Lipinski definition) is 1. The molecule has 0 radical (unpaired) electrons. The van der Waals surface area contributed by atoms with Gasteiger partial charge in [0.1, 0.15) is 0 Å². The molecule has 0 rings (SSSR count). The van der Waals surface area contributed by atoms with Gasteiger partial charge >= 0.3 is 0 Å². The van der Waals surface area contributed by atoms with Crippen molar-refractivity contribution in [3.63, 3.8) is 0 Å². The summed E-state index contributed by atoms with van der Waals surface area (Å²) in [4.78, 5) is 0. The maximum Gasteiger partial charge on any atom is 0.0890 e. The zero-order chi connectivity index (χ0) is 7.28. The molecule has 56 valence electrons. The Morgan fingerprint density at radius 3 is 2.00 bits per heavy atom. The van der Waals surface area contributed by atoms with Gasteiger partial charge in [-0.15, -0.1) is 0 Å². The third-order valence-electron chi connectivity index (χ3n) is 1.55. The molecule has 0 bridgehead atoms. The highest BCUT2D eigenvalue weighted by molar-refractivity contribution is 7.82. The van der Waals surface area contributed by atoms with Gasteiger partial charge in [-0.05, 0) is 5.92 Å². The molecule has 2 N–H and O–H groups in total. The fourth-order valence-corrected chi connectivity index (χ4v) is 1.69. The van der Waals surface area contributed by atoms with Crippen LogP contribution in [0.5, 0.6) is 0 Å². The summed E-state index contributed by atoms with van der Waals surface area (Å²) in [6.07, 6.45) is 2.17. The van der Waals surface area contributed by atoms with Crippen LogP contribution in [0.1, 0.15) is 26.7 Å². The van der Waals surface area contributed by atoms with E-state index in [1.165, 1.54) is 0 Å². The smallest absolute Gasteiger partial charge is 0.0890 e. The van der Waals surface area contributed by atoms with E-state index >= 15 is 0 Å². The first-order chi connectivity index (χ1) is 4.20. The van der Waals surface area contributed by atoms with E-state index in [1.54, 1.807) is 0 Å². The van der Waals surface area contributed by atoms with E-state index in [0.717, 1.165) is 12.8 Å². The molecule has 0 aromatic carbocycles. The molecule has 0 amide bonds. The summed E-state index contributed by atoms with van der Waals surface area (Å²) in [5.41, 5.74) is 0. The second-order valence-electron chi connectivity index (χ2n) is 2.23. The van der Waals surface area contributed by atoms with Gasteiger partial charge in [0.15, 0.2) is 0 Å². The van der Waals surface area contributed by atoms with Crippen molar-refractivity contribution in [3.05, 3.63) is 0 Å². The molecule has 0 heterocycles. The van der Waals surface area contributed by atoms with Crippen LogP contribution in [0.3, 0.4) is 0 Å². The van der Waals surface area contributed by atoms with Crippen LogP contribution < -0.4 is 5.14 Å². The fourth-order valence-electron chi connectivity index (χ4n) is 0.757. The van der Waals surface area contributed by atoms with E-state index < -0.39 is 11.0 Å². The van der Waals surface area contributed by atoms with Gasteiger partial charge in [0.25, 0.3) is 0 Å². The second-order valence-corrected chi connectivity index (χ2v) is 3.32. The molecular formula is C6H15NOS. The topological polar surface area (TPSA) is 43.1 Å². The Hall–Kier alpha value is 0.110. The van der Waals surface area contributed by atoms with Crippen molar-refractivity contribution in [2.24, 2.45) is 11.1 Å². The molecule has 0 aromatic rings. The van der Waals surface area contributed by atoms with E-state index in [2.05, 4.69) is 13.8 Å². The first-order valence-electron chi connectivity index (χ1n) is 3.33. The minimum Gasteiger partial charge on any atom is -0.252 e. The maximum absolute atomic E-state index is 10.5. The van der Waals surface area contributed by atoms with Crippen molar-refractivity contribution >= 4 is 11.0 Å². The molecular weight excluding hydrogens is 134 g/mol. The third-order valence-corrected chi connectivity index (χ3v) is 2.35. The highest BCUT2D eigenvalue weighted by atomic mass is 32.2. The van der Waals surface area contributed by atoms with E-state index in [0.29, 0.717) is 11.7 Å². The SMILES string of the molecule is CCC(CC)CS(N)=O. The average Bonchev–Trinajstić information content (AvgIpc) is 1.82. The molecule has 0 aliphatic heterocycles. The Balaban J connectivity index is 3.43. The van der Waals surface area contributed by atoms with Gasteiger partial charge in [-0.1, -0.05) is 26.7 Å². The summed E-state index contributed by atoms with van der Waals surface area (Å²) in [7, 11) is -1.10. The number of nitrogens with two attached hydrogens (primary N) is 1. The Labute approximate surface area is 59.4 Å². The van der Waals surface area contributed by atoms with Gasteiger partial charge < -0.3 is 0 Å². The summed E-state index contributed by atoms with van der Waals surface area (Å²) >= 11 is 0. The van der Waals surface area contributed by atoms with Crippen molar-refractivity contribution in [2.75, 3.05) is 5.75 Å². The van der Waals surface area contributed by atoms with Crippen LogP contribution in [-0.4, -0.2) is 9.96 Å². The fraction of sp³-hybridized carbons (Fsp3) is 1.00. The molecule has 0 saturated carbocycles. The normalized spacial score (nSPS) is 14.2. The summed E-state index contributed by atoms with van der Waals surface area (Å²) < 4.78 is 10.5. The molecule has 0 aliphatic carbocycles. The Bertz CT molecular complexity index is 91.1. The monoisotopic (exact) mass is 149 g/mol. The van der Waals surface area contributed by atoms with Crippen LogP contribution in [0.2, 0.25) is 0 Å². The van der Waals surface area contributed by atoms with Crippen LogP contribution in [0.15, 0.2) is 0 Å². The van der Waals surface area contributed by atoms with Crippen LogP contribution in [0.25, 0.3) is 0 Å². The minimum atomic E-state index is -1.10. The summed E-state index contributed by atoms with van der Waals surface area (Å²) in [5.74, 6) is 1.21. The van der Waals surface area contributed by atoms with E-state index in [9.17, 15) is 4.21 Å². The van der Waals surface area contributed by atoms with Crippen LogP contribution >= 0.6 is 0 Å². The van der Waals surface area contributed by atoms with Gasteiger partial charge in [-0.2, -0.15) is 0 Å². The lowest BCUT2D eigenvalue weighted by Crippen LogP contribution is -2.15. The lowest BCUT2D eigenvalue weighted by molar-refractivity contribution is 0.545.